The van der Waals surface area contributed by atoms with E-state index < -0.39 is 0 Å². The Labute approximate surface area is 84.7 Å². The molecule has 0 atom stereocenters. The van der Waals surface area contributed by atoms with E-state index in [1.165, 1.54) is 0 Å². The van der Waals surface area contributed by atoms with Crippen LogP contribution in [0.1, 0.15) is 19.4 Å². The minimum atomic E-state index is 0.952. The summed E-state index contributed by atoms with van der Waals surface area (Å²) in [5.41, 5.74) is 2.03. The van der Waals surface area contributed by atoms with Gasteiger partial charge in [-0.25, -0.2) is 0 Å². The van der Waals surface area contributed by atoms with E-state index in [4.69, 9.17) is 0 Å². The first-order valence-corrected chi connectivity index (χ1v) is 4.60. The normalized spacial score (nSPS) is 12.9. The highest BCUT2D eigenvalue weighted by molar-refractivity contribution is 5.73. The maximum Gasteiger partial charge on any atom is 0.0698 e. The second kappa shape index (κ2) is 5.86. The summed E-state index contributed by atoms with van der Waals surface area (Å²) >= 11 is 0. The molecular weight excluding hydrogens is 172 g/mol. The van der Waals surface area contributed by atoms with E-state index in [0.29, 0.717) is 0 Å². The van der Waals surface area contributed by atoms with Crippen molar-refractivity contribution in [1.29, 1.82) is 0 Å². The van der Waals surface area contributed by atoms with Crippen LogP contribution in [0.3, 0.4) is 0 Å². The van der Waals surface area contributed by atoms with Gasteiger partial charge in [-0.3, -0.25) is 9.98 Å². The van der Waals surface area contributed by atoms with E-state index in [-0.39, 0.29) is 0 Å². The summed E-state index contributed by atoms with van der Waals surface area (Å²) in [6.45, 7) is 3.89. The van der Waals surface area contributed by atoms with Gasteiger partial charge in [0, 0.05) is 24.2 Å². The molecule has 1 heterocycles. The van der Waals surface area contributed by atoms with E-state index in [2.05, 4.69) is 9.98 Å². The van der Waals surface area contributed by atoms with E-state index in [0.717, 1.165) is 11.3 Å². The summed E-state index contributed by atoms with van der Waals surface area (Å²) in [7, 11) is 0. The van der Waals surface area contributed by atoms with Gasteiger partial charge in [0.15, 0.2) is 0 Å². The predicted molar refractivity (Wildman–Crippen MR) is 61.2 cm³/mol. The molecule has 0 saturated heterocycles. The second-order valence-corrected chi connectivity index (χ2v) is 2.70. The van der Waals surface area contributed by atoms with E-state index in [1.54, 1.807) is 18.6 Å². The Morgan fingerprint density at radius 1 is 1.29 bits per heavy atom. The molecule has 0 unspecified atom stereocenters. The van der Waals surface area contributed by atoms with Gasteiger partial charge < -0.3 is 0 Å². The first-order valence-electron chi connectivity index (χ1n) is 4.60. The molecule has 2 nitrogen and oxygen atoms in total. The van der Waals surface area contributed by atoms with Crippen LogP contribution in [-0.4, -0.2) is 11.2 Å². The number of rotatable bonds is 3. The van der Waals surface area contributed by atoms with Gasteiger partial charge in [-0.05, 0) is 32.1 Å². The van der Waals surface area contributed by atoms with Crippen molar-refractivity contribution in [1.82, 2.24) is 4.98 Å². The topological polar surface area (TPSA) is 25.2 Å². The van der Waals surface area contributed by atoms with Gasteiger partial charge in [0.2, 0.25) is 0 Å². The number of pyridine rings is 1. The fourth-order valence-corrected chi connectivity index (χ4v) is 1.06. The third kappa shape index (κ3) is 2.98. The van der Waals surface area contributed by atoms with Crippen LogP contribution in [0.4, 0.5) is 0 Å². The van der Waals surface area contributed by atoms with Crippen LogP contribution in [0, 0.1) is 0 Å². The number of hydrogen-bond donors (Lipinski definition) is 0. The highest BCUT2D eigenvalue weighted by Gasteiger charge is 1.95. The first kappa shape index (κ1) is 10.4. The van der Waals surface area contributed by atoms with Gasteiger partial charge in [0.05, 0.1) is 5.70 Å². The second-order valence-electron chi connectivity index (χ2n) is 2.70. The maximum atomic E-state index is 4.29. The SMILES string of the molecule is CC=N/C(=C\C=C/C)c1ccncc1. The summed E-state index contributed by atoms with van der Waals surface area (Å²) in [6.07, 6.45) is 11.3. The Kier molecular flexibility index (Phi) is 4.35. The molecule has 2 heteroatoms. The van der Waals surface area contributed by atoms with E-state index in [9.17, 15) is 0 Å². The van der Waals surface area contributed by atoms with E-state index >= 15 is 0 Å². The molecule has 0 saturated carbocycles. The Balaban J connectivity index is 3.00. The Bertz CT molecular complexity index is 348. The zero-order valence-corrected chi connectivity index (χ0v) is 8.51. The molecule has 0 radical (unpaired) electrons. The Morgan fingerprint density at radius 3 is 2.57 bits per heavy atom. The lowest BCUT2D eigenvalue weighted by molar-refractivity contribution is 1.31. The van der Waals surface area contributed by atoms with Crippen LogP contribution in [0.15, 0.2) is 47.7 Å². The molecule has 0 aromatic carbocycles. The van der Waals surface area contributed by atoms with Crippen LogP contribution in [0.2, 0.25) is 0 Å². The standard InChI is InChI=1S/C12H14N2/c1-3-5-6-12(14-4-2)11-7-9-13-10-8-11/h3-10H,1-2H3/b5-3-,12-6-,14-4?. The van der Waals surface area contributed by atoms with Crippen LogP contribution < -0.4 is 0 Å². The summed E-state index contributed by atoms with van der Waals surface area (Å²) < 4.78 is 0. The maximum absolute atomic E-state index is 4.29. The Hall–Kier alpha value is -1.70. The van der Waals surface area contributed by atoms with Crippen LogP contribution in [0.5, 0.6) is 0 Å². The Morgan fingerprint density at radius 2 is 2.00 bits per heavy atom. The van der Waals surface area contributed by atoms with Crippen molar-refractivity contribution >= 4 is 11.9 Å². The van der Waals surface area contributed by atoms with Gasteiger partial charge in [-0.2, -0.15) is 0 Å². The number of aromatic nitrogens is 1. The first-order chi connectivity index (χ1) is 6.88. The minimum Gasteiger partial charge on any atom is -0.265 e. The molecule has 0 fully saturated rings. The lowest BCUT2D eigenvalue weighted by atomic mass is 10.2. The summed E-state index contributed by atoms with van der Waals surface area (Å²) in [6, 6.07) is 3.89. The molecule has 0 bridgehead atoms. The zero-order valence-electron chi connectivity index (χ0n) is 8.51. The molecule has 1 aromatic heterocycles. The van der Waals surface area contributed by atoms with Gasteiger partial charge in [-0.15, -0.1) is 0 Å². The monoisotopic (exact) mass is 186 g/mol. The van der Waals surface area contributed by atoms with Gasteiger partial charge >= 0.3 is 0 Å². The summed E-state index contributed by atoms with van der Waals surface area (Å²) in [5.74, 6) is 0. The van der Waals surface area contributed by atoms with Gasteiger partial charge in [-0.1, -0.05) is 12.2 Å². The lowest BCUT2D eigenvalue weighted by Gasteiger charge is -1.99. The molecule has 14 heavy (non-hydrogen) atoms. The van der Waals surface area contributed by atoms with Crippen molar-refractivity contribution in [3.63, 3.8) is 0 Å². The smallest absolute Gasteiger partial charge is 0.0698 e. The van der Waals surface area contributed by atoms with Crippen LogP contribution in [0.25, 0.3) is 5.70 Å². The summed E-state index contributed by atoms with van der Waals surface area (Å²) in [5, 5.41) is 0. The molecular formula is C12H14N2. The van der Waals surface area contributed by atoms with Crippen molar-refractivity contribution in [3.8, 4) is 0 Å². The van der Waals surface area contributed by atoms with Gasteiger partial charge in [0.1, 0.15) is 0 Å². The highest BCUT2D eigenvalue weighted by Crippen LogP contribution is 2.14. The average molecular weight is 186 g/mol. The van der Waals surface area contributed by atoms with E-state index in [1.807, 2.05) is 44.2 Å². The highest BCUT2D eigenvalue weighted by atomic mass is 14.7. The minimum absolute atomic E-state index is 0.952. The van der Waals surface area contributed by atoms with Crippen molar-refractivity contribution < 1.29 is 0 Å². The molecule has 0 amide bonds. The largest absolute Gasteiger partial charge is 0.265 e. The predicted octanol–water partition coefficient (Wildman–Crippen LogP) is 3.09. The van der Waals surface area contributed by atoms with Crippen molar-refractivity contribution in [2.75, 3.05) is 0 Å². The summed E-state index contributed by atoms with van der Waals surface area (Å²) in [4.78, 5) is 8.26. The molecule has 1 rings (SSSR count). The average Bonchev–Trinajstić information content (AvgIpc) is 2.25. The fourth-order valence-electron chi connectivity index (χ4n) is 1.06. The molecule has 0 spiro atoms. The molecule has 0 N–H and O–H groups in total. The number of aliphatic imine (C=N–C) groups is 1. The zero-order chi connectivity index (χ0) is 10.2. The third-order valence-electron chi connectivity index (χ3n) is 1.69. The molecule has 0 aliphatic rings. The third-order valence-corrected chi connectivity index (χ3v) is 1.69. The molecule has 72 valence electrons. The van der Waals surface area contributed by atoms with Crippen molar-refractivity contribution in [2.45, 2.75) is 13.8 Å². The van der Waals surface area contributed by atoms with Crippen LogP contribution in [-0.2, 0) is 0 Å². The quantitative estimate of drug-likeness (QED) is 0.526. The van der Waals surface area contributed by atoms with Crippen molar-refractivity contribution in [3.05, 3.63) is 48.3 Å². The number of nitrogens with zero attached hydrogens (tertiary/aromatic N) is 2. The molecule has 1 aromatic rings. The fraction of sp³-hybridized carbons (Fsp3) is 0.167. The van der Waals surface area contributed by atoms with Crippen LogP contribution >= 0.6 is 0 Å². The molecule has 0 aliphatic heterocycles. The van der Waals surface area contributed by atoms with Gasteiger partial charge in [0.25, 0.3) is 0 Å². The lowest BCUT2D eigenvalue weighted by Crippen LogP contribution is -1.81. The number of allylic oxidation sites excluding steroid dienone is 3. The van der Waals surface area contributed by atoms with Crippen molar-refractivity contribution in [2.24, 2.45) is 4.99 Å². The number of hydrogen-bond acceptors (Lipinski definition) is 2. The molecule has 0 aliphatic carbocycles.